The maximum Gasteiger partial charge on any atom is 0.248 e. The van der Waals surface area contributed by atoms with E-state index in [0.717, 1.165) is 18.4 Å². The minimum atomic E-state index is -3.54. The second kappa shape index (κ2) is 7.22. The fourth-order valence-electron chi connectivity index (χ4n) is 3.44. The Kier molecular flexibility index (Phi) is 4.89. The zero-order chi connectivity index (χ0) is 19.9. The first-order valence-electron chi connectivity index (χ1n) is 9.63. The molecule has 1 aromatic carbocycles. The number of sulfonamides is 1. The van der Waals surface area contributed by atoms with Crippen molar-refractivity contribution in [3.05, 3.63) is 53.4 Å². The zero-order valence-electron chi connectivity index (χ0n) is 16.1. The van der Waals surface area contributed by atoms with Crippen LogP contribution in [-0.4, -0.2) is 24.9 Å². The van der Waals surface area contributed by atoms with Crippen LogP contribution in [0.5, 0.6) is 0 Å². The molecule has 1 aromatic heterocycles. The first-order chi connectivity index (χ1) is 13.3. The van der Waals surface area contributed by atoms with Crippen LogP contribution in [0.3, 0.4) is 0 Å². The second-order valence-electron chi connectivity index (χ2n) is 7.67. The molecule has 4 rings (SSSR count). The molecule has 0 saturated heterocycles. The van der Waals surface area contributed by atoms with Gasteiger partial charge in [0.1, 0.15) is 0 Å². The fraction of sp³-hybridized carbons (Fsp3) is 0.381. The summed E-state index contributed by atoms with van der Waals surface area (Å²) in [7, 11) is -3.54. The number of rotatable bonds is 7. The van der Waals surface area contributed by atoms with Gasteiger partial charge in [0.25, 0.3) is 0 Å². The zero-order valence-corrected chi connectivity index (χ0v) is 16.9. The molecule has 6 nitrogen and oxygen atoms in total. The number of hydrogen-bond donors (Lipinski definition) is 2. The number of hydrogen-bond acceptors (Lipinski definition) is 3. The molecule has 0 radical (unpaired) electrons. The topological polar surface area (TPSA) is 80.2 Å². The van der Waals surface area contributed by atoms with Crippen molar-refractivity contribution in [1.29, 1.82) is 0 Å². The molecule has 0 unspecified atom stereocenters. The molecule has 0 aliphatic heterocycles. The number of aromatic nitrogens is 1. The number of nitrogens with zero attached hydrogens (tertiary/aromatic N) is 1. The Balaban J connectivity index is 1.45. The van der Waals surface area contributed by atoms with E-state index < -0.39 is 10.0 Å². The number of anilines is 1. The summed E-state index contributed by atoms with van der Waals surface area (Å²) in [6, 6.07) is 9.06. The average molecular weight is 400 g/mol. The molecule has 7 heteroatoms. The molecule has 148 valence electrons. The number of benzene rings is 1. The van der Waals surface area contributed by atoms with Crippen molar-refractivity contribution in [2.75, 3.05) is 5.32 Å². The van der Waals surface area contributed by atoms with Gasteiger partial charge >= 0.3 is 0 Å². The number of aryl methyl sites for hydroxylation is 1. The van der Waals surface area contributed by atoms with Gasteiger partial charge in [-0.15, -0.1) is 0 Å². The number of amides is 1. The molecule has 2 saturated carbocycles. The van der Waals surface area contributed by atoms with E-state index in [9.17, 15) is 13.2 Å². The van der Waals surface area contributed by atoms with Crippen LogP contribution in [0.1, 0.15) is 48.7 Å². The third-order valence-electron chi connectivity index (χ3n) is 5.16. The first-order valence-corrected chi connectivity index (χ1v) is 11.1. The quantitative estimate of drug-likeness (QED) is 0.699. The lowest BCUT2D eigenvalue weighted by atomic mass is 10.2. The summed E-state index contributed by atoms with van der Waals surface area (Å²) < 4.78 is 29.6. The molecule has 2 aromatic rings. The van der Waals surface area contributed by atoms with Crippen LogP contribution in [0.4, 0.5) is 5.69 Å². The van der Waals surface area contributed by atoms with Gasteiger partial charge in [-0.2, -0.15) is 0 Å². The van der Waals surface area contributed by atoms with E-state index in [1.807, 2.05) is 6.08 Å². The van der Waals surface area contributed by atoms with E-state index in [2.05, 4.69) is 34.5 Å². The van der Waals surface area contributed by atoms with E-state index in [1.165, 1.54) is 42.4 Å². The smallest absolute Gasteiger partial charge is 0.248 e. The van der Waals surface area contributed by atoms with Crippen LogP contribution in [-0.2, 0) is 14.8 Å². The molecule has 0 spiro atoms. The molecular formula is C21H25N3O3S. The van der Waals surface area contributed by atoms with Gasteiger partial charge in [-0.05, 0) is 75.4 Å². The summed E-state index contributed by atoms with van der Waals surface area (Å²) in [5.41, 5.74) is 3.87. The lowest BCUT2D eigenvalue weighted by Crippen LogP contribution is -2.25. The molecule has 0 atom stereocenters. The molecule has 1 amide bonds. The Hall–Kier alpha value is -2.38. The van der Waals surface area contributed by atoms with Gasteiger partial charge in [0.2, 0.25) is 15.9 Å². The van der Waals surface area contributed by atoms with E-state index in [-0.39, 0.29) is 16.8 Å². The maximum atomic E-state index is 12.3. The molecule has 1 heterocycles. The highest BCUT2D eigenvalue weighted by atomic mass is 32.2. The highest BCUT2D eigenvalue weighted by Crippen LogP contribution is 2.38. The highest BCUT2D eigenvalue weighted by Gasteiger charge is 2.28. The van der Waals surface area contributed by atoms with E-state index in [1.54, 1.807) is 12.1 Å². The molecule has 2 aliphatic rings. The van der Waals surface area contributed by atoms with Crippen molar-refractivity contribution < 1.29 is 13.2 Å². The Morgan fingerprint density at radius 2 is 1.89 bits per heavy atom. The monoisotopic (exact) mass is 399 g/mol. The highest BCUT2D eigenvalue weighted by molar-refractivity contribution is 7.89. The number of nitrogens with one attached hydrogen (secondary N) is 2. The predicted octanol–water partition coefficient (Wildman–Crippen LogP) is 3.53. The molecule has 28 heavy (non-hydrogen) atoms. The minimum absolute atomic E-state index is 0.0424. The summed E-state index contributed by atoms with van der Waals surface area (Å²) in [6.45, 7) is 4.16. The minimum Gasteiger partial charge on any atom is -0.346 e. The Morgan fingerprint density at radius 1 is 1.14 bits per heavy atom. The SMILES string of the molecule is Cc1cc(/C=C/C(=O)Nc2cccc(S(=O)(=O)NC3CC3)c2)c(C)n1C1CC1. The van der Waals surface area contributed by atoms with Crippen molar-refractivity contribution in [2.24, 2.45) is 0 Å². The predicted molar refractivity (Wildman–Crippen MR) is 110 cm³/mol. The van der Waals surface area contributed by atoms with Crippen LogP contribution in [0, 0.1) is 13.8 Å². The van der Waals surface area contributed by atoms with Crippen molar-refractivity contribution >= 4 is 27.7 Å². The normalized spacial score (nSPS) is 17.2. The summed E-state index contributed by atoms with van der Waals surface area (Å²) >= 11 is 0. The summed E-state index contributed by atoms with van der Waals surface area (Å²) in [5, 5.41) is 2.74. The summed E-state index contributed by atoms with van der Waals surface area (Å²) in [6.07, 6.45) is 7.49. The Labute approximate surface area is 165 Å². The van der Waals surface area contributed by atoms with Gasteiger partial charge in [-0.25, -0.2) is 13.1 Å². The van der Waals surface area contributed by atoms with Crippen molar-refractivity contribution in [3.63, 3.8) is 0 Å². The standard InChI is InChI=1S/C21H25N3O3S/c1-14-12-16(15(2)24(14)19-9-10-19)6-11-21(25)22-18-4-3-5-20(13-18)28(26,27)23-17-7-8-17/h3-6,11-13,17,19,23H,7-10H2,1-2H3,(H,22,25)/b11-6+. The van der Waals surface area contributed by atoms with Crippen molar-refractivity contribution in [1.82, 2.24) is 9.29 Å². The van der Waals surface area contributed by atoms with Crippen LogP contribution in [0.2, 0.25) is 0 Å². The third-order valence-corrected chi connectivity index (χ3v) is 6.68. The largest absolute Gasteiger partial charge is 0.346 e. The van der Waals surface area contributed by atoms with Gasteiger partial charge in [0.05, 0.1) is 4.90 Å². The van der Waals surface area contributed by atoms with Gasteiger partial charge in [-0.3, -0.25) is 4.79 Å². The maximum absolute atomic E-state index is 12.3. The fourth-order valence-corrected chi connectivity index (χ4v) is 4.80. The van der Waals surface area contributed by atoms with Gasteiger partial charge in [0.15, 0.2) is 0 Å². The Bertz CT molecular complexity index is 1040. The van der Waals surface area contributed by atoms with E-state index >= 15 is 0 Å². The van der Waals surface area contributed by atoms with Crippen molar-refractivity contribution in [2.45, 2.75) is 56.5 Å². The van der Waals surface area contributed by atoms with Crippen LogP contribution < -0.4 is 10.0 Å². The van der Waals surface area contributed by atoms with Crippen LogP contribution >= 0.6 is 0 Å². The number of carbonyl (C=O) groups excluding carboxylic acids is 1. The average Bonchev–Trinajstić information content (AvgIpc) is 3.55. The second-order valence-corrected chi connectivity index (χ2v) is 9.39. The first kappa shape index (κ1) is 19.0. The van der Waals surface area contributed by atoms with Crippen LogP contribution in [0.25, 0.3) is 6.08 Å². The van der Waals surface area contributed by atoms with Gasteiger partial charge in [-0.1, -0.05) is 6.07 Å². The molecule has 2 aliphatic carbocycles. The van der Waals surface area contributed by atoms with Crippen LogP contribution in [0.15, 0.2) is 41.3 Å². The van der Waals surface area contributed by atoms with Gasteiger partial charge in [0, 0.05) is 35.2 Å². The summed E-state index contributed by atoms with van der Waals surface area (Å²) in [5.74, 6) is -0.291. The Morgan fingerprint density at radius 3 is 2.57 bits per heavy atom. The van der Waals surface area contributed by atoms with E-state index in [4.69, 9.17) is 0 Å². The molecular weight excluding hydrogens is 374 g/mol. The van der Waals surface area contributed by atoms with Crippen molar-refractivity contribution in [3.8, 4) is 0 Å². The van der Waals surface area contributed by atoms with Gasteiger partial charge < -0.3 is 9.88 Å². The lowest BCUT2D eigenvalue weighted by Gasteiger charge is -2.08. The lowest BCUT2D eigenvalue weighted by molar-refractivity contribution is -0.111. The molecule has 2 fully saturated rings. The molecule has 2 N–H and O–H groups in total. The molecule has 0 bridgehead atoms. The van der Waals surface area contributed by atoms with E-state index in [0.29, 0.717) is 11.7 Å². The number of carbonyl (C=O) groups is 1. The summed E-state index contributed by atoms with van der Waals surface area (Å²) in [4.78, 5) is 12.5. The third kappa shape index (κ3) is 4.20.